The van der Waals surface area contributed by atoms with Crippen molar-refractivity contribution in [1.82, 2.24) is 19.7 Å². The Morgan fingerprint density at radius 3 is 2.50 bits per heavy atom. The number of fused-ring (bicyclic) bond motifs is 1. The number of nitrogens with two attached hydrogens (primary N) is 1. The van der Waals surface area contributed by atoms with E-state index in [0.29, 0.717) is 19.0 Å². The van der Waals surface area contributed by atoms with Gasteiger partial charge in [0, 0.05) is 36.8 Å². The fourth-order valence-corrected chi connectivity index (χ4v) is 3.90. The number of hydrogen-bond donors (Lipinski definition) is 1. The van der Waals surface area contributed by atoms with Crippen LogP contribution in [0.2, 0.25) is 0 Å². The third kappa shape index (κ3) is 4.00. The first-order valence-electron chi connectivity index (χ1n) is 9.71. The minimum atomic E-state index is -0.0680. The molecule has 1 aliphatic carbocycles. The van der Waals surface area contributed by atoms with Gasteiger partial charge in [-0.2, -0.15) is 5.10 Å². The molecule has 1 saturated heterocycles. The number of carbonyl (C=O) groups excluding carboxylic acids is 1. The van der Waals surface area contributed by atoms with E-state index in [1.165, 1.54) is 0 Å². The Morgan fingerprint density at radius 2 is 1.93 bits per heavy atom. The van der Waals surface area contributed by atoms with Crippen LogP contribution in [-0.2, 0) is 0 Å². The number of amides is 1. The maximum atomic E-state index is 13.4. The fourth-order valence-electron chi connectivity index (χ4n) is 3.90. The highest BCUT2D eigenvalue weighted by Gasteiger charge is 2.37. The Morgan fingerprint density at radius 1 is 1.25 bits per heavy atom. The largest absolute Gasteiger partial charge is 0.338 e. The van der Waals surface area contributed by atoms with Gasteiger partial charge in [0.15, 0.2) is 5.65 Å². The summed E-state index contributed by atoms with van der Waals surface area (Å²) in [6.45, 7) is 9.87. The molecule has 2 aromatic rings. The molecule has 1 aliphatic heterocycles. The van der Waals surface area contributed by atoms with E-state index in [1.54, 1.807) is 6.20 Å². The van der Waals surface area contributed by atoms with E-state index in [2.05, 4.69) is 32.8 Å². The molecule has 8 heteroatoms. The average Bonchev–Trinajstić information content (AvgIpc) is 3.34. The Balaban J connectivity index is 0.00000140. The minimum absolute atomic E-state index is 0. The van der Waals surface area contributed by atoms with Crippen LogP contribution in [0.15, 0.2) is 12.3 Å². The van der Waals surface area contributed by atoms with E-state index in [1.807, 2.05) is 15.6 Å². The van der Waals surface area contributed by atoms with Crippen molar-refractivity contribution >= 4 is 41.8 Å². The maximum absolute atomic E-state index is 13.4. The van der Waals surface area contributed by atoms with Crippen LogP contribution >= 0.6 is 24.8 Å². The Labute approximate surface area is 179 Å². The van der Waals surface area contributed by atoms with Crippen molar-refractivity contribution in [2.24, 2.45) is 11.1 Å². The average molecular weight is 428 g/mol. The van der Waals surface area contributed by atoms with Crippen LogP contribution in [-0.4, -0.2) is 44.7 Å². The van der Waals surface area contributed by atoms with Crippen molar-refractivity contribution < 1.29 is 4.79 Å². The zero-order chi connectivity index (χ0) is 18.6. The summed E-state index contributed by atoms with van der Waals surface area (Å²) in [7, 11) is 0. The summed E-state index contributed by atoms with van der Waals surface area (Å²) >= 11 is 0. The number of likely N-dealkylation sites (tertiary alicyclic amines) is 1. The van der Waals surface area contributed by atoms with Gasteiger partial charge < -0.3 is 10.6 Å². The normalized spacial score (nSPS) is 21.4. The number of carbonyl (C=O) groups is 1. The summed E-state index contributed by atoms with van der Waals surface area (Å²) in [5, 5.41) is 5.37. The van der Waals surface area contributed by atoms with Crippen molar-refractivity contribution in [3.8, 4) is 0 Å². The topological polar surface area (TPSA) is 77.0 Å². The van der Waals surface area contributed by atoms with Crippen LogP contribution < -0.4 is 5.73 Å². The molecular formula is C20H31Cl2N5O. The lowest BCUT2D eigenvalue weighted by molar-refractivity contribution is 0.0534. The van der Waals surface area contributed by atoms with Gasteiger partial charge in [-0.1, -0.05) is 13.8 Å². The van der Waals surface area contributed by atoms with Crippen molar-refractivity contribution in [2.75, 3.05) is 13.1 Å². The molecule has 3 heterocycles. The molecule has 1 saturated carbocycles. The van der Waals surface area contributed by atoms with Crippen LogP contribution in [0, 0.1) is 5.41 Å². The van der Waals surface area contributed by atoms with Crippen LogP contribution in [0.25, 0.3) is 11.0 Å². The smallest absolute Gasteiger partial charge is 0.254 e. The lowest BCUT2D eigenvalue weighted by Crippen LogP contribution is -2.54. The molecule has 1 atom stereocenters. The van der Waals surface area contributed by atoms with E-state index in [0.717, 1.165) is 41.6 Å². The van der Waals surface area contributed by atoms with Gasteiger partial charge in [0.1, 0.15) is 0 Å². The second kappa shape index (κ2) is 8.17. The second-order valence-electron chi connectivity index (χ2n) is 8.90. The van der Waals surface area contributed by atoms with Crippen molar-refractivity contribution in [1.29, 1.82) is 0 Å². The number of piperidine rings is 1. The first kappa shape index (κ1) is 22.9. The van der Waals surface area contributed by atoms with Crippen molar-refractivity contribution in [3.63, 3.8) is 0 Å². The predicted molar refractivity (Wildman–Crippen MR) is 117 cm³/mol. The molecule has 1 unspecified atom stereocenters. The molecule has 2 aromatic heterocycles. The van der Waals surface area contributed by atoms with E-state index in [-0.39, 0.29) is 48.2 Å². The highest BCUT2D eigenvalue weighted by Crippen LogP contribution is 2.40. The van der Waals surface area contributed by atoms with Gasteiger partial charge in [-0.15, -0.1) is 24.8 Å². The van der Waals surface area contributed by atoms with E-state index in [9.17, 15) is 4.79 Å². The zero-order valence-electron chi connectivity index (χ0n) is 17.0. The summed E-state index contributed by atoms with van der Waals surface area (Å²) in [5.41, 5.74) is 8.80. The van der Waals surface area contributed by atoms with E-state index < -0.39 is 0 Å². The van der Waals surface area contributed by atoms with Gasteiger partial charge >= 0.3 is 0 Å². The molecule has 2 aliphatic rings. The number of halogens is 2. The van der Waals surface area contributed by atoms with Gasteiger partial charge in [-0.3, -0.25) is 4.79 Å². The summed E-state index contributed by atoms with van der Waals surface area (Å²) < 4.78 is 1.92. The predicted octanol–water partition coefficient (Wildman–Crippen LogP) is 3.93. The number of rotatable bonds is 3. The van der Waals surface area contributed by atoms with Crippen LogP contribution in [0.5, 0.6) is 0 Å². The Bertz CT molecular complexity index is 860. The van der Waals surface area contributed by atoms with E-state index >= 15 is 0 Å². The Kier molecular flexibility index (Phi) is 6.68. The van der Waals surface area contributed by atoms with Gasteiger partial charge in [0.2, 0.25) is 0 Å². The van der Waals surface area contributed by atoms with Crippen LogP contribution in [0.3, 0.4) is 0 Å². The molecule has 0 spiro atoms. The first-order chi connectivity index (χ1) is 12.3. The maximum Gasteiger partial charge on any atom is 0.254 e. The summed E-state index contributed by atoms with van der Waals surface area (Å²) in [6.07, 6.45) is 4.96. The number of hydrogen-bond acceptors (Lipinski definition) is 4. The van der Waals surface area contributed by atoms with Gasteiger partial charge in [0.25, 0.3) is 5.91 Å². The molecule has 0 bridgehead atoms. The summed E-state index contributed by atoms with van der Waals surface area (Å²) in [4.78, 5) is 20.2. The first-order valence-corrected chi connectivity index (χ1v) is 9.71. The lowest BCUT2D eigenvalue weighted by atomic mass is 9.79. The van der Waals surface area contributed by atoms with Crippen molar-refractivity contribution in [2.45, 2.75) is 65.0 Å². The monoisotopic (exact) mass is 427 g/mol. The van der Waals surface area contributed by atoms with Gasteiger partial charge in [-0.25, -0.2) is 9.67 Å². The van der Waals surface area contributed by atoms with E-state index in [4.69, 9.17) is 10.7 Å². The molecule has 6 nitrogen and oxygen atoms in total. The Hall–Kier alpha value is -1.37. The van der Waals surface area contributed by atoms with Crippen LogP contribution in [0.4, 0.5) is 0 Å². The van der Waals surface area contributed by atoms with Gasteiger partial charge in [-0.05, 0) is 44.6 Å². The molecule has 4 rings (SSSR count). The fraction of sp³-hybridized carbons (Fsp3) is 0.650. The minimum Gasteiger partial charge on any atom is -0.338 e. The lowest BCUT2D eigenvalue weighted by Gasteiger charge is -2.42. The second-order valence-corrected chi connectivity index (χ2v) is 8.90. The van der Waals surface area contributed by atoms with Crippen molar-refractivity contribution in [3.05, 3.63) is 23.5 Å². The molecule has 2 fully saturated rings. The molecule has 1 amide bonds. The van der Waals surface area contributed by atoms with Gasteiger partial charge in [0.05, 0.1) is 17.1 Å². The SMILES string of the molecule is CC(C)n1ncc2c(C(=O)N3CCC(N)C(C)(C)C3)cc(C3CC3)nc21.Cl.Cl. The summed E-state index contributed by atoms with van der Waals surface area (Å²) in [6, 6.07) is 2.36. The summed E-state index contributed by atoms with van der Waals surface area (Å²) in [5.74, 6) is 0.579. The number of nitrogens with zero attached hydrogens (tertiary/aromatic N) is 4. The number of aromatic nitrogens is 3. The molecule has 2 N–H and O–H groups in total. The molecular weight excluding hydrogens is 397 g/mol. The third-order valence-electron chi connectivity index (χ3n) is 5.90. The number of pyridine rings is 1. The zero-order valence-corrected chi connectivity index (χ0v) is 18.6. The molecule has 0 radical (unpaired) electrons. The quantitative estimate of drug-likeness (QED) is 0.804. The standard InChI is InChI=1S/C20H29N5O.2ClH/c1-12(2)25-18-15(10-22-25)14(9-16(23-18)13-5-6-13)19(26)24-8-7-17(21)20(3,4)11-24;;/h9-10,12-13,17H,5-8,11,21H2,1-4H3;2*1H. The third-order valence-corrected chi connectivity index (χ3v) is 5.90. The van der Waals surface area contributed by atoms with Crippen LogP contribution in [0.1, 0.15) is 75.0 Å². The molecule has 0 aromatic carbocycles. The molecule has 156 valence electrons. The highest BCUT2D eigenvalue weighted by molar-refractivity contribution is 6.05. The molecule has 28 heavy (non-hydrogen) atoms. The highest BCUT2D eigenvalue weighted by atomic mass is 35.5.